The number of rotatable bonds is 6. The average Bonchev–Trinajstić information content (AvgIpc) is 2.84. The van der Waals surface area contributed by atoms with E-state index in [0.29, 0.717) is 29.9 Å². The minimum absolute atomic E-state index is 0.279. The molecule has 0 unspecified atom stereocenters. The molecule has 0 aliphatic rings. The number of aryl methyl sites for hydroxylation is 2. The van der Waals surface area contributed by atoms with E-state index in [-0.39, 0.29) is 4.90 Å². The Hall–Kier alpha value is -2.09. The third-order valence-corrected chi connectivity index (χ3v) is 5.10. The molecule has 1 N–H and O–H groups in total. The molecule has 23 heavy (non-hydrogen) atoms. The third-order valence-electron chi connectivity index (χ3n) is 3.58. The molecule has 0 saturated heterocycles. The number of pyridine rings is 1. The SMILES string of the molecule is CCc1nn(C)c(CC)c1S(=O)(=O)Nc1ccc(N(C)C)nc1. The maximum Gasteiger partial charge on any atom is 0.265 e. The average molecular weight is 337 g/mol. The predicted molar refractivity (Wildman–Crippen MR) is 91.3 cm³/mol. The Morgan fingerprint density at radius 1 is 1.22 bits per heavy atom. The van der Waals surface area contributed by atoms with E-state index >= 15 is 0 Å². The number of hydrogen-bond acceptors (Lipinski definition) is 5. The number of nitrogens with one attached hydrogen (secondary N) is 1. The zero-order valence-electron chi connectivity index (χ0n) is 14.2. The van der Waals surface area contributed by atoms with E-state index < -0.39 is 10.0 Å². The van der Waals surface area contributed by atoms with E-state index in [0.717, 1.165) is 5.82 Å². The van der Waals surface area contributed by atoms with Crippen LogP contribution in [0.4, 0.5) is 11.5 Å². The molecule has 0 aliphatic carbocycles. The molecule has 0 amide bonds. The molecule has 0 aliphatic heterocycles. The van der Waals surface area contributed by atoms with Crippen LogP contribution in [0.15, 0.2) is 23.2 Å². The highest BCUT2D eigenvalue weighted by molar-refractivity contribution is 7.92. The Morgan fingerprint density at radius 3 is 2.39 bits per heavy atom. The second-order valence-electron chi connectivity index (χ2n) is 5.46. The topological polar surface area (TPSA) is 80.1 Å². The van der Waals surface area contributed by atoms with Gasteiger partial charge in [-0.25, -0.2) is 13.4 Å². The quantitative estimate of drug-likeness (QED) is 0.869. The minimum Gasteiger partial charge on any atom is -0.363 e. The van der Waals surface area contributed by atoms with Gasteiger partial charge in [0.1, 0.15) is 10.7 Å². The van der Waals surface area contributed by atoms with Crippen LogP contribution in [-0.4, -0.2) is 37.3 Å². The molecule has 2 rings (SSSR count). The van der Waals surface area contributed by atoms with Gasteiger partial charge in [0.2, 0.25) is 0 Å². The van der Waals surface area contributed by atoms with Crippen LogP contribution >= 0.6 is 0 Å². The summed E-state index contributed by atoms with van der Waals surface area (Å²) < 4.78 is 29.8. The molecular formula is C15H23N5O2S. The summed E-state index contributed by atoms with van der Waals surface area (Å²) in [5.41, 5.74) is 1.71. The van der Waals surface area contributed by atoms with Crippen molar-refractivity contribution < 1.29 is 8.42 Å². The van der Waals surface area contributed by atoms with Crippen LogP contribution < -0.4 is 9.62 Å². The van der Waals surface area contributed by atoms with Crippen LogP contribution in [0.3, 0.4) is 0 Å². The lowest BCUT2D eigenvalue weighted by Gasteiger charge is -2.13. The number of sulfonamides is 1. The lowest BCUT2D eigenvalue weighted by atomic mass is 10.2. The predicted octanol–water partition coefficient (Wildman–Crippen LogP) is 1.81. The second-order valence-corrected chi connectivity index (χ2v) is 7.08. The highest BCUT2D eigenvalue weighted by Gasteiger charge is 2.26. The van der Waals surface area contributed by atoms with Crippen LogP contribution in [0.5, 0.6) is 0 Å². The summed E-state index contributed by atoms with van der Waals surface area (Å²) in [5.74, 6) is 0.762. The maximum atomic E-state index is 12.8. The van der Waals surface area contributed by atoms with Crippen molar-refractivity contribution in [2.45, 2.75) is 31.6 Å². The molecule has 0 spiro atoms. The second kappa shape index (κ2) is 6.57. The van der Waals surface area contributed by atoms with Crippen LogP contribution in [-0.2, 0) is 29.9 Å². The summed E-state index contributed by atoms with van der Waals surface area (Å²) in [6.07, 6.45) is 2.67. The van der Waals surface area contributed by atoms with Gasteiger partial charge in [-0.1, -0.05) is 13.8 Å². The monoisotopic (exact) mass is 337 g/mol. The van der Waals surface area contributed by atoms with Gasteiger partial charge in [-0.2, -0.15) is 5.10 Å². The fourth-order valence-electron chi connectivity index (χ4n) is 2.45. The zero-order valence-corrected chi connectivity index (χ0v) is 15.0. The van der Waals surface area contributed by atoms with Gasteiger partial charge in [-0.15, -0.1) is 0 Å². The minimum atomic E-state index is -3.70. The van der Waals surface area contributed by atoms with Crippen LogP contribution in [0.25, 0.3) is 0 Å². The number of anilines is 2. The van der Waals surface area contributed by atoms with Gasteiger partial charge < -0.3 is 4.90 Å². The van der Waals surface area contributed by atoms with Crippen molar-refractivity contribution in [3.63, 3.8) is 0 Å². The van der Waals surface area contributed by atoms with E-state index in [9.17, 15) is 8.42 Å². The largest absolute Gasteiger partial charge is 0.363 e. The first-order valence-corrected chi connectivity index (χ1v) is 8.99. The van der Waals surface area contributed by atoms with Crippen molar-refractivity contribution in [2.75, 3.05) is 23.7 Å². The molecule has 0 fully saturated rings. The van der Waals surface area contributed by atoms with Crippen molar-refractivity contribution in [3.8, 4) is 0 Å². The van der Waals surface area contributed by atoms with Crippen molar-refractivity contribution in [1.29, 1.82) is 0 Å². The fourth-order valence-corrected chi connectivity index (χ4v) is 4.06. The van der Waals surface area contributed by atoms with Crippen molar-refractivity contribution in [3.05, 3.63) is 29.7 Å². The highest BCUT2D eigenvalue weighted by Crippen LogP contribution is 2.24. The number of hydrogen-bond donors (Lipinski definition) is 1. The molecule has 8 heteroatoms. The lowest BCUT2D eigenvalue weighted by Crippen LogP contribution is -2.17. The van der Waals surface area contributed by atoms with Crippen LogP contribution in [0.2, 0.25) is 0 Å². The third kappa shape index (κ3) is 3.47. The summed E-state index contributed by atoms with van der Waals surface area (Å²) in [7, 11) is 1.83. The molecule has 0 bridgehead atoms. The van der Waals surface area contributed by atoms with Crippen molar-refractivity contribution in [2.24, 2.45) is 7.05 Å². The fraction of sp³-hybridized carbons (Fsp3) is 0.467. The van der Waals surface area contributed by atoms with E-state index in [1.807, 2.05) is 32.8 Å². The number of nitrogens with zero attached hydrogens (tertiary/aromatic N) is 4. The maximum absolute atomic E-state index is 12.8. The Bertz CT molecular complexity index is 779. The van der Waals surface area contributed by atoms with E-state index in [1.165, 1.54) is 6.20 Å². The number of aromatic nitrogens is 3. The Labute approximate surface area is 137 Å². The molecule has 126 valence electrons. The molecule has 2 heterocycles. The standard InChI is InChI=1S/C15H23N5O2S/c1-6-12-15(13(7-2)20(5)17-12)23(21,22)18-11-8-9-14(16-10-11)19(3)4/h8-10,18H,6-7H2,1-5H3. The summed E-state index contributed by atoms with van der Waals surface area (Å²) in [4.78, 5) is 6.35. The van der Waals surface area contributed by atoms with Gasteiger partial charge in [-0.3, -0.25) is 9.40 Å². The Morgan fingerprint density at radius 2 is 1.91 bits per heavy atom. The molecule has 0 saturated carbocycles. The molecule has 0 radical (unpaired) electrons. The van der Waals surface area contributed by atoms with Crippen LogP contribution in [0, 0.1) is 0 Å². The first-order valence-electron chi connectivity index (χ1n) is 7.51. The molecule has 0 aromatic carbocycles. The van der Waals surface area contributed by atoms with E-state index in [2.05, 4.69) is 14.8 Å². The molecular weight excluding hydrogens is 314 g/mol. The highest BCUT2D eigenvalue weighted by atomic mass is 32.2. The summed E-state index contributed by atoms with van der Waals surface area (Å²) in [5, 5.41) is 4.32. The molecule has 0 atom stereocenters. The van der Waals surface area contributed by atoms with Gasteiger partial charge in [-0.05, 0) is 25.0 Å². The Kier molecular flexibility index (Phi) is 4.93. The van der Waals surface area contributed by atoms with Crippen LogP contribution in [0.1, 0.15) is 25.2 Å². The summed E-state index contributed by atoms with van der Waals surface area (Å²) >= 11 is 0. The smallest absolute Gasteiger partial charge is 0.265 e. The van der Waals surface area contributed by atoms with Gasteiger partial charge in [0.25, 0.3) is 10.0 Å². The normalized spacial score (nSPS) is 11.5. The lowest BCUT2D eigenvalue weighted by molar-refractivity contribution is 0.598. The summed E-state index contributed by atoms with van der Waals surface area (Å²) in [6.45, 7) is 3.82. The molecule has 7 nitrogen and oxygen atoms in total. The molecule has 2 aromatic heterocycles. The van der Waals surface area contributed by atoms with E-state index in [1.54, 1.807) is 23.9 Å². The Balaban J connectivity index is 2.39. The summed E-state index contributed by atoms with van der Waals surface area (Å²) in [6, 6.07) is 3.47. The first kappa shape index (κ1) is 17.3. The zero-order chi connectivity index (χ0) is 17.2. The van der Waals surface area contributed by atoms with Crippen molar-refractivity contribution >= 4 is 21.5 Å². The van der Waals surface area contributed by atoms with Gasteiger partial charge >= 0.3 is 0 Å². The van der Waals surface area contributed by atoms with E-state index in [4.69, 9.17) is 0 Å². The van der Waals surface area contributed by atoms with Gasteiger partial charge in [0, 0.05) is 21.1 Å². The van der Waals surface area contributed by atoms with Gasteiger partial charge in [0.05, 0.1) is 23.3 Å². The van der Waals surface area contributed by atoms with Crippen molar-refractivity contribution in [1.82, 2.24) is 14.8 Å². The molecule has 2 aromatic rings. The van der Waals surface area contributed by atoms with Gasteiger partial charge in [0.15, 0.2) is 0 Å². The first-order chi connectivity index (χ1) is 10.8.